The molecule has 0 heterocycles. The monoisotopic (exact) mass is 331 g/mol. The zero-order chi connectivity index (χ0) is 16.4. The molecule has 1 aliphatic carbocycles. The van der Waals surface area contributed by atoms with Gasteiger partial charge in [-0.25, -0.2) is 0 Å². The minimum atomic E-state index is -3.15. The highest BCUT2D eigenvalue weighted by molar-refractivity contribution is 7.54. The van der Waals surface area contributed by atoms with Crippen LogP contribution in [0, 0.1) is 0 Å². The van der Waals surface area contributed by atoms with Crippen LogP contribution >= 0.6 is 7.60 Å². The maximum Gasteiger partial charge on any atom is 0.352 e. The van der Waals surface area contributed by atoms with Gasteiger partial charge in [0.05, 0.1) is 0 Å². The first kappa shape index (κ1) is 16.3. The predicted molar refractivity (Wildman–Crippen MR) is 94.0 cm³/mol. The highest BCUT2D eigenvalue weighted by Gasteiger charge is 2.32. The first-order valence-corrected chi connectivity index (χ1v) is 9.41. The lowest BCUT2D eigenvalue weighted by molar-refractivity contribution is 0.267. The van der Waals surface area contributed by atoms with Gasteiger partial charge in [-0.2, -0.15) is 0 Å². The Morgan fingerprint density at radius 2 is 1.78 bits per heavy atom. The standard InChI is InChI=1S/C18H22NO3P/c1-4-18(23(20,21-2)22-3)19-15-9-10-17-14(12-15)11-13-7-5-6-8-16(13)17/h5-10,12,18-19H,4,11H2,1-3H3. The van der Waals surface area contributed by atoms with Crippen molar-refractivity contribution < 1.29 is 13.6 Å². The van der Waals surface area contributed by atoms with E-state index < -0.39 is 7.60 Å². The molecule has 0 spiro atoms. The Labute approximate surface area is 137 Å². The molecule has 2 aromatic rings. The lowest BCUT2D eigenvalue weighted by Gasteiger charge is -2.25. The van der Waals surface area contributed by atoms with Crippen LogP contribution in [0.5, 0.6) is 0 Å². The number of benzene rings is 2. The van der Waals surface area contributed by atoms with Gasteiger partial charge in [0.25, 0.3) is 0 Å². The first-order valence-electron chi connectivity index (χ1n) is 7.80. The SMILES string of the molecule is CCC(Nc1ccc2c(c1)Cc1ccccc1-2)P(=O)(OC)OC. The highest BCUT2D eigenvalue weighted by Crippen LogP contribution is 2.52. The zero-order valence-electron chi connectivity index (χ0n) is 13.7. The molecule has 122 valence electrons. The van der Waals surface area contributed by atoms with Crippen LogP contribution in [0.4, 0.5) is 5.69 Å². The Morgan fingerprint density at radius 1 is 1.09 bits per heavy atom. The Balaban J connectivity index is 1.86. The maximum absolute atomic E-state index is 12.6. The summed E-state index contributed by atoms with van der Waals surface area (Å²) in [6, 6.07) is 14.8. The number of hydrogen-bond acceptors (Lipinski definition) is 4. The third-order valence-corrected chi connectivity index (χ3v) is 6.68. The smallest absolute Gasteiger partial charge is 0.352 e. The van der Waals surface area contributed by atoms with Crippen molar-refractivity contribution in [3.8, 4) is 11.1 Å². The Morgan fingerprint density at radius 3 is 2.48 bits per heavy atom. The van der Waals surface area contributed by atoms with Crippen molar-refractivity contribution in [1.82, 2.24) is 0 Å². The summed E-state index contributed by atoms with van der Waals surface area (Å²) in [7, 11) is -0.297. The summed E-state index contributed by atoms with van der Waals surface area (Å²) in [5.41, 5.74) is 6.17. The molecule has 0 saturated heterocycles. The molecule has 1 unspecified atom stereocenters. The summed E-state index contributed by atoms with van der Waals surface area (Å²) in [4.78, 5) is 0. The van der Waals surface area contributed by atoms with Gasteiger partial charge in [0.1, 0.15) is 5.78 Å². The molecule has 5 heteroatoms. The van der Waals surface area contributed by atoms with E-state index in [1.807, 2.05) is 13.0 Å². The number of nitrogens with one attached hydrogen (secondary N) is 1. The number of rotatable bonds is 6. The molecule has 3 rings (SSSR count). The zero-order valence-corrected chi connectivity index (χ0v) is 14.6. The molecule has 0 fully saturated rings. The third-order valence-electron chi connectivity index (χ3n) is 4.40. The molecule has 4 nitrogen and oxygen atoms in total. The molecule has 0 aliphatic heterocycles. The van der Waals surface area contributed by atoms with Gasteiger partial charge in [0, 0.05) is 19.9 Å². The Bertz CT molecular complexity index is 752. The molecule has 23 heavy (non-hydrogen) atoms. The van der Waals surface area contributed by atoms with E-state index >= 15 is 0 Å². The van der Waals surface area contributed by atoms with Gasteiger partial charge in [0.15, 0.2) is 0 Å². The van der Waals surface area contributed by atoms with E-state index in [-0.39, 0.29) is 5.78 Å². The largest absolute Gasteiger partial charge is 0.372 e. The summed E-state index contributed by atoms with van der Waals surface area (Å²) in [6.07, 6.45) is 1.58. The van der Waals surface area contributed by atoms with Gasteiger partial charge in [-0.15, -0.1) is 0 Å². The lowest BCUT2D eigenvalue weighted by atomic mass is 10.1. The van der Waals surface area contributed by atoms with Crippen molar-refractivity contribution >= 4 is 13.3 Å². The van der Waals surface area contributed by atoms with Gasteiger partial charge in [-0.05, 0) is 47.2 Å². The van der Waals surface area contributed by atoms with E-state index in [1.165, 1.54) is 36.5 Å². The quantitative estimate of drug-likeness (QED) is 0.653. The van der Waals surface area contributed by atoms with Crippen LogP contribution < -0.4 is 5.32 Å². The van der Waals surface area contributed by atoms with Gasteiger partial charge in [-0.3, -0.25) is 4.57 Å². The third kappa shape index (κ3) is 2.94. The second kappa shape index (κ2) is 6.48. The predicted octanol–water partition coefficient (Wildman–Crippen LogP) is 4.89. The molecule has 0 saturated carbocycles. The van der Waals surface area contributed by atoms with Crippen molar-refractivity contribution in [2.24, 2.45) is 0 Å². The topological polar surface area (TPSA) is 47.6 Å². The highest BCUT2D eigenvalue weighted by atomic mass is 31.2. The molecular formula is C18H22NO3P. The van der Waals surface area contributed by atoms with Crippen LogP contribution in [-0.2, 0) is 20.0 Å². The van der Waals surface area contributed by atoms with E-state index in [9.17, 15) is 4.57 Å². The fourth-order valence-corrected chi connectivity index (χ4v) is 4.57. The average molecular weight is 331 g/mol. The van der Waals surface area contributed by atoms with Gasteiger partial charge < -0.3 is 14.4 Å². The Hall–Kier alpha value is -1.61. The van der Waals surface area contributed by atoms with Crippen LogP contribution in [0.3, 0.4) is 0 Å². The number of anilines is 1. The second-order valence-corrected chi connectivity index (χ2v) is 8.11. The fraction of sp³-hybridized carbons (Fsp3) is 0.333. The minimum absolute atomic E-state index is 0.362. The second-order valence-electron chi connectivity index (χ2n) is 5.68. The molecule has 2 aromatic carbocycles. The van der Waals surface area contributed by atoms with Gasteiger partial charge in [-0.1, -0.05) is 37.3 Å². The van der Waals surface area contributed by atoms with E-state index in [4.69, 9.17) is 9.05 Å². The summed E-state index contributed by atoms with van der Waals surface area (Å²) >= 11 is 0. The van der Waals surface area contributed by atoms with Gasteiger partial charge in [0.2, 0.25) is 0 Å². The van der Waals surface area contributed by atoms with Crippen molar-refractivity contribution in [2.75, 3.05) is 19.5 Å². The van der Waals surface area contributed by atoms with Crippen molar-refractivity contribution in [3.05, 3.63) is 53.6 Å². The lowest BCUT2D eigenvalue weighted by Crippen LogP contribution is -2.20. The van der Waals surface area contributed by atoms with Gasteiger partial charge >= 0.3 is 7.60 Å². The van der Waals surface area contributed by atoms with E-state index in [0.29, 0.717) is 6.42 Å². The average Bonchev–Trinajstić information content (AvgIpc) is 2.96. The molecule has 1 aliphatic rings. The number of hydrogen-bond donors (Lipinski definition) is 1. The van der Waals surface area contributed by atoms with Crippen LogP contribution in [0.2, 0.25) is 0 Å². The molecule has 1 atom stereocenters. The minimum Gasteiger partial charge on any atom is -0.372 e. The first-order chi connectivity index (χ1) is 11.1. The van der Waals surface area contributed by atoms with Crippen molar-refractivity contribution in [1.29, 1.82) is 0 Å². The van der Waals surface area contributed by atoms with Crippen LogP contribution in [0.25, 0.3) is 11.1 Å². The number of fused-ring (bicyclic) bond motifs is 3. The van der Waals surface area contributed by atoms with Crippen molar-refractivity contribution in [2.45, 2.75) is 25.5 Å². The van der Waals surface area contributed by atoms with Crippen molar-refractivity contribution in [3.63, 3.8) is 0 Å². The van der Waals surface area contributed by atoms with Crippen LogP contribution in [0.1, 0.15) is 24.5 Å². The molecule has 0 amide bonds. The molecule has 1 N–H and O–H groups in total. The summed E-state index contributed by atoms with van der Waals surface area (Å²) < 4.78 is 22.8. The van der Waals surface area contributed by atoms with E-state index in [2.05, 4.69) is 41.7 Å². The summed E-state index contributed by atoms with van der Waals surface area (Å²) in [6.45, 7) is 1.96. The Kier molecular flexibility index (Phi) is 4.58. The fourth-order valence-electron chi connectivity index (χ4n) is 3.16. The van der Waals surface area contributed by atoms with E-state index in [1.54, 1.807) is 0 Å². The molecular weight excluding hydrogens is 309 g/mol. The maximum atomic E-state index is 12.6. The molecule has 0 radical (unpaired) electrons. The molecule has 0 bridgehead atoms. The van der Waals surface area contributed by atoms with Crippen LogP contribution in [0.15, 0.2) is 42.5 Å². The molecule has 0 aromatic heterocycles. The normalized spacial score (nSPS) is 14.2. The van der Waals surface area contributed by atoms with Crippen LogP contribution in [-0.4, -0.2) is 20.0 Å². The van der Waals surface area contributed by atoms with E-state index in [0.717, 1.165) is 12.1 Å². The summed E-state index contributed by atoms with van der Waals surface area (Å²) in [5.74, 6) is -0.362. The summed E-state index contributed by atoms with van der Waals surface area (Å²) in [5, 5.41) is 3.31.